The van der Waals surface area contributed by atoms with Gasteiger partial charge in [0.1, 0.15) is 12.8 Å². The molecule has 0 spiro atoms. The van der Waals surface area contributed by atoms with Crippen molar-refractivity contribution >= 4 is 24.0 Å². The fourth-order valence-corrected chi connectivity index (χ4v) is 3.68. The number of allylic oxidation sites excluding steroid dienone is 3. The first-order valence-corrected chi connectivity index (χ1v) is 7.49. The molecule has 0 saturated carbocycles. The van der Waals surface area contributed by atoms with Gasteiger partial charge < -0.3 is 14.0 Å². The summed E-state index contributed by atoms with van der Waals surface area (Å²) >= 11 is 1.72. The highest BCUT2D eigenvalue weighted by Crippen LogP contribution is 2.41. The van der Waals surface area contributed by atoms with Gasteiger partial charge in [0.05, 0.1) is 12.9 Å². The lowest BCUT2D eigenvalue weighted by Crippen LogP contribution is -2.41. The molecule has 4 rings (SSSR count). The van der Waals surface area contributed by atoms with Crippen molar-refractivity contribution in [2.45, 2.75) is 6.23 Å². The second-order valence-electron chi connectivity index (χ2n) is 4.88. The van der Waals surface area contributed by atoms with Gasteiger partial charge in [-0.05, 0) is 41.2 Å². The molecule has 0 aromatic carbocycles. The van der Waals surface area contributed by atoms with Crippen LogP contribution >= 0.6 is 11.3 Å². The van der Waals surface area contributed by atoms with Gasteiger partial charge in [0.25, 0.3) is 0 Å². The Kier molecular flexibility index (Phi) is 3.04. The van der Waals surface area contributed by atoms with Crippen LogP contribution < -0.4 is 5.32 Å². The van der Waals surface area contributed by atoms with Gasteiger partial charge >= 0.3 is 7.12 Å². The van der Waals surface area contributed by atoms with Crippen LogP contribution in [0.5, 0.6) is 0 Å². The Balaban J connectivity index is 1.95. The summed E-state index contributed by atoms with van der Waals surface area (Å²) in [5.41, 5.74) is 4.67. The van der Waals surface area contributed by atoms with E-state index < -0.39 is 0 Å². The largest absolute Gasteiger partial charge is 0.497 e. The van der Waals surface area contributed by atoms with E-state index in [2.05, 4.69) is 22.8 Å². The minimum atomic E-state index is -0.285. The van der Waals surface area contributed by atoms with Crippen molar-refractivity contribution in [2.24, 2.45) is 0 Å². The lowest BCUT2D eigenvalue weighted by molar-refractivity contribution is 0.168. The smallest absolute Gasteiger partial charge is 0.496 e. The Morgan fingerprint density at radius 2 is 2.35 bits per heavy atom. The van der Waals surface area contributed by atoms with E-state index in [9.17, 15) is 0 Å². The molecular weight excluding hydrogens is 273 g/mol. The van der Waals surface area contributed by atoms with Gasteiger partial charge in [0.2, 0.25) is 0 Å². The van der Waals surface area contributed by atoms with Crippen LogP contribution in [0, 0.1) is 0 Å². The predicted octanol–water partition coefficient (Wildman–Crippen LogP) is 1.98. The summed E-state index contributed by atoms with van der Waals surface area (Å²) in [7, 11) is 1.62. The van der Waals surface area contributed by atoms with Crippen molar-refractivity contribution in [1.82, 2.24) is 5.32 Å². The van der Waals surface area contributed by atoms with E-state index >= 15 is 0 Å². The third kappa shape index (κ3) is 1.80. The summed E-state index contributed by atoms with van der Waals surface area (Å²) in [6.07, 6.45) is 3.64. The molecule has 0 bridgehead atoms. The minimum absolute atomic E-state index is 0.167. The molecule has 0 aliphatic carbocycles. The minimum Gasteiger partial charge on any atom is -0.497 e. The molecule has 1 N–H and O–H groups in total. The maximum absolute atomic E-state index is 6.06. The van der Waals surface area contributed by atoms with Gasteiger partial charge in [-0.1, -0.05) is 6.07 Å². The Morgan fingerprint density at radius 3 is 3.15 bits per heavy atom. The maximum atomic E-state index is 6.06. The predicted molar refractivity (Wildman–Crippen MR) is 79.0 cm³/mol. The van der Waals surface area contributed by atoms with Crippen molar-refractivity contribution in [3.05, 3.63) is 51.3 Å². The van der Waals surface area contributed by atoms with Crippen molar-refractivity contribution in [3.8, 4) is 0 Å². The highest BCUT2D eigenvalue weighted by Gasteiger charge is 2.43. The number of ether oxygens (including phenoxy) is 1. The van der Waals surface area contributed by atoms with Gasteiger partial charge in [-0.2, -0.15) is 0 Å². The first kappa shape index (κ1) is 12.4. The number of hydrogen-bond acceptors (Lipinski definition) is 5. The lowest BCUT2D eigenvalue weighted by Gasteiger charge is -2.30. The van der Waals surface area contributed by atoms with E-state index in [1.807, 2.05) is 13.1 Å². The van der Waals surface area contributed by atoms with Gasteiger partial charge in [0, 0.05) is 10.5 Å². The molecule has 20 heavy (non-hydrogen) atoms. The van der Waals surface area contributed by atoms with E-state index in [1.165, 1.54) is 21.6 Å². The molecule has 3 aliphatic heterocycles. The zero-order valence-corrected chi connectivity index (χ0v) is 11.9. The molecule has 1 aromatic rings. The van der Waals surface area contributed by atoms with Crippen LogP contribution in [0.15, 0.2) is 46.5 Å². The van der Waals surface area contributed by atoms with Crippen molar-refractivity contribution in [2.75, 3.05) is 20.3 Å². The summed E-state index contributed by atoms with van der Waals surface area (Å²) in [6, 6.07) is 4.18. The molecular formula is C14H14BNO3S. The van der Waals surface area contributed by atoms with Crippen LogP contribution in [0.25, 0.3) is 5.57 Å². The molecule has 1 aromatic heterocycles. The molecule has 102 valence electrons. The number of nitrogens with one attached hydrogen (secondary N) is 1. The quantitative estimate of drug-likeness (QED) is 0.844. The van der Waals surface area contributed by atoms with E-state index in [-0.39, 0.29) is 13.3 Å². The zero-order chi connectivity index (χ0) is 13.5. The second kappa shape index (κ2) is 4.89. The molecule has 1 atom stereocenters. The van der Waals surface area contributed by atoms with Gasteiger partial charge in [-0.15, -0.1) is 11.3 Å². The lowest BCUT2D eigenvalue weighted by atomic mass is 9.69. The summed E-state index contributed by atoms with van der Waals surface area (Å²) < 4.78 is 17.3. The third-order valence-corrected chi connectivity index (χ3v) is 4.67. The van der Waals surface area contributed by atoms with Crippen LogP contribution in [0.2, 0.25) is 0 Å². The zero-order valence-electron chi connectivity index (χ0n) is 11.1. The Labute approximate surface area is 121 Å². The highest BCUT2D eigenvalue weighted by molar-refractivity contribution is 7.11. The summed E-state index contributed by atoms with van der Waals surface area (Å²) in [4.78, 5) is 1.21. The molecule has 0 unspecified atom stereocenters. The normalized spacial score (nSPS) is 24.9. The van der Waals surface area contributed by atoms with Crippen molar-refractivity contribution in [1.29, 1.82) is 0 Å². The highest BCUT2D eigenvalue weighted by atomic mass is 32.1. The SMILES string of the molecule is CN[C@H]1OB2OCC3=C2C(=C1c1cccs1)C=COC3. The number of rotatable bonds is 2. The molecule has 0 amide bonds. The summed E-state index contributed by atoms with van der Waals surface area (Å²) in [6.45, 7) is 1.16. The molecule has 0 radical (unpaired) electrons. The first-order chi connectivity index (χ1) is 9.88. The van der Waals surface area contributed by atoms with Gasteiger partial charge in [-0.25, -0.2) is 0 Å². The summed E-state index contributed by atoms with van der Waals surface area (Å²) in [5.74, 6) is 0. The van der Waals surface area contributed by atoms with Crippen LogP contribution in [-0.4, -0.2) is 33.6 Å². The number of likely N-dealkylation sites (N-methyl/N-ethyl adjacent to an activating group) is 1. The average molecular weight is 287 g/mol. The van der Waals surface area contributed by atoms with E-state index in [0.717, 1.165) is 5.47 Å². The van der Waals surface area contributed by atoms with E-state index in [0.29, 0.717) is 13.2 Å². The summed E-state index contributed by atoms with van der Waals surface area (Å²) in [5, 5.41) is 5.31. The number of thiophene rings is 1. The first-order valence-electron chi connectivity index (χ1n) is 6.61. The molecule has 4 nitrogen and oxygen atoms in total. The van der Waals surface area contributed by atoms with Crippen LogP contribution in [0.3, 0.4) is 0 Å². The fraction of sp³-hybridized carbons (Fsp3) is 0.286. The van der Waals surface area contributed by atoms with Crippen LogP contribution in [0.1, 0.15) is 4.88 Å². The Bertz CT molecular complexity index is 620. The second-order valence-corrected chi connectivity index (χ2v) is 5.83. The van der Waals surface area contributed by atoms with Gasteiger partial charge in [0.15, 0.2) is 0 Å². The Hall–Kier alpha value is -1.34. The third-order valence-electron chi connectivity index (χ3n) is 3.77. The van der Waals surface area contributed by atoms with Gasteiger partial charge in [-0.3, -0.25) is 5.32 Å². The Morgan fingerprint density at radius 1 is 1.40 bits per heavy atom. The standard InChI is InChI=1S/C14H14BNO3S/c1-16-14-12(11-3-2-6-20-11)10-4-5-17-7-9-8-18-15(19-14)13(9)10/h2-6,14,16H,7-8H2,1H3/t14-/m0/s1. The molecule has 0 fully saturated rings. The van der Waals surface area contributed by atoms with E-state index in [4.69, 9.17) is 14.0 Å². The molecule has 4 heterocycles. The molecule has 0 saturated heterocycles. The average Bonchev–Trinajstić information content (AvgIpc) is 3.07. The molecule has 6 heteroatoms. The van der Waals surface area contributed by atoms with Crippen LogP contribution in [0.4, 0.5) is 0 Å². The molecule has 3 aliphatic rings. The topological polar surface area (TPSA) is 39.7 Å². The van der Waals surface area contributed by atoms with Crippen molar-refractivity contribution in [3.63, 3.8) is 0 Å². The monoisotopic (exact) mass is 287 g/mol. The fourth-order valence-electron chi connectivity index (χ4n) is 2.88. The van der Waals surface area contributed by atoms with Crippen LogP contribution in [-0.2, 0) is 14.0 Å². The number of hydrogen-bond donors (Lipinski definition) is 1. The van der Waals surface area contributed by atoms with E-state index in [1.54, 1.807) is 17.6 Å². The maximum Gasteiger partial charge on any atom is 0.496 e. The van der Waals surface area contributed by atoms with Crippen molar-refractivity contribution < 1.29 is 14.0 Å².